The molecule has 1 fully saturated rings. The van der Waals surface area contributed by atoms with Gasteiger partial charge in [-0.1, -0.05) is 27.7 Å². The van der Waals surface area contributed by atoms with E-state index >= 15 is 0 Å². The van der Waals surface area contributed by atoms with Crippen LogP contribution in [0.4, 0.5) is 0 Å². The van der Waals surface area contributed by atoms with Crippen molar-refractivity contribution in [1.82, 2.24) is 10.3 Å². The smallest absolute Gasteiger partial charge is 0.331 e. The van der Waals surface area contributed by atoms with Crippen LogP contribution in [0.15, 0.2) is 12.3 Å². The summed E-state index contributed by atoms with van der Waals surface area (Å²) in [7, 11) is 1.37. The molecule has 2 rings (SSSR count). The maximum Gasteiger partial charge on any atom is 0.331 e. The summed E-state index contributed by atoms with van der Waals surface area (Å²) in [4.78, 5) is 41.6. The second-order valence-corrected chi connectivity index (χ2v) is 9.45. The Morgan fingerprint density at radius 1 is 1.14 bits per heavy atom. The third kappa shape index (κ3) is 8.72. The van der Waals surface area contributed by atoms with Gasteiger partial charge >= 0.3 is 11.9 Å². The van der Waals surface area contributed by atoms with Gasteiger partial charge in [-0.05, 0) is 18.8 Å². The number of cyclic esters (lactones) is 1. The van der Waals surface area contributed by atoms with Gasteiger partial charge in [-0.15, -0.1) is 0 Å². The van der Waals surface area contributed by atoms with Gasteiger partial charge < -0.3 is 33.7 Å². The minimum atomic E-state index is -1.15. The van der Waals surface area contributed by atoms with E-state index in [9.17, 15) is 14.4 Å². The fourth-order valence-corrected chi connectivity index (χ4v) is 3.43. The highest BCUT2D eigenvalue weighted by Crippen LogP contribution is 2.29. The lowest BCUT2D eigenvalue weighted by Crippen LogP contribution is -2.47. The molecule has 2 heterocycles. The van der Waals surface area contributed by atoms with Crippen molar-refractivity contribution in [2.24, 2.45) is 11.8 Å². The highest BCUT2D eigenvalue weighted by atomic mass is 16.6. The first-order valence-corrected chi connectivity index (χ1v) is 12.1. The number of methoxy groups -OCH3 is 1. The molecular formula is C25H38N2O9. The lowest BCUT2D eigenvalue weighted by Gasteiger charge is -2.31. The molecule has 202 valence electrons. The van der Waals surface area contributed by atoms with Crippen LogP contribution >= 0.6 is 0 Å². The molecule has 0 spiro atoms. The molecule has 1 aliphatic heterocycles. The number of carbonyl (C=O) groups is 3. The van der Waals surface area contributed by atoms with Crippen LogP contribution in [0.3, 0.4) is 0 Å². The summed E-state index contributed by atoms with van der Waals surface area (Å²) in [5, 5.41) is 2.57. The van der Waals surface area contributed by atoms with Gasteiger partial charge in [0.25, 0.3) is 5.91 Å². The molecule has 0 saturated carbocycles. The van der Waals surface area contributed by atoms with Gasteiger partial charge in [0.05, 0.1) is 20.3 Å². The lowest BCUT2D eigenvalue weighted by molar-refractivity contribution is -0.170. The van der Waals surface area contributed by atoms with Crippen molar-refractivity contribution in [3.05, 3.63) is 18.0 Å². The summed E-state index contributed by atoms with van der Waals surface area (Å²) in [6, 6.07) is 0.301. The molecule has 1 aliphatic rings. The lowest BCUT2D eigenvalue weighted by atomic mass is 10.1. The molecule has 1 saturated heterocycles. The van der Waals surface area contributed by atoms with Crippen LogP contribution in [-0.4, -0.2) is 80.7 Å². The largest absolute Gasteiger partial charge is 0.493 e. The van der Waals surface area contributed by atoms with Gasteiger partial charge in [0.2, 0.25) is 5.75 Å². The van der Waals surface area contributed by atoms with E-state index in [1.807, 2.05) is 27.7 Å². The predicted octanol–water partition coefficient (Wildman–Crippen LogP) is 2.16. The average molecular weight is 511 g/mol. The Kier molecular flexibility index (Phi) is 11.5. The van der Waals surface area contributed by atoms with Crippen molar-refractivity contribution in [1.29, 1.82) is 0 Å². The van der Waals surface area contributed by atoms with Gasteiger partial charge in [0, 0.05) is 32.4 Å². The Morgan fingerprint density at radius 3 is 2.42 bits per heavy atom. The van der Waals surface area contributed by atoms with Crippen LogP contribution in [0.5, 0.6) is 11.5 Å². The van der Waals surface area contributed by atoms with E-state index in [-0.39, 0.29) is 42.2 Å². The van der Waals surface area contributed by atoms with Crippen LogP contribution in [0.25, 0.3) is 0 Å². The van der Waals surface area contributed by atoms with E-state index in [2.05, 4.69) is 10.3 Å². The summed E-state index contributed by atoms with van der Waals surface area (Å²) in [5.74, 6) is -1.58. The third-order valence-electron chi connectivity index (χ3n) is 5.10. The minimum Gasteiger partial charge on any atom is -0.493 e. The summed E-state index contributed by atoms with van der Waals surface area (Å²) in [6.07, 6.45) is -0.367. The Labute approximate surface area is 212 Å². The summed E-state index contributed by atoms with van der Waals surface area (Å²) >= 11 is 0. The molecule has 11 heteroatoms. The number of hydrogen-bond donors (Lipinski definition) is 1. The maximum atomic E-state index is 13.0. The number of amides is 1. The number of pyridine rings is 1. The van der Waals surface area contributed by atoms with Crippen molar-refractivity contribution < 1.29 is 42.8 Å². The van der Waals surface area contributed by atoms with Crippen molar-refractivity contribution in [3.8, 4) is 11.5 Å². The number of esters is 2. The summed E-state index contributed by atoms with van der Waals surface area (Å²) in [5.41, 5.74) is -0.221. The van der Waals surface area contributed by atoms with Crippen LogP contribution in [0, 0.1) is 11.8 Å². The highest BCUT2D eigenvalue weighted by Gasteiger charge is 2.37. The number of ether oxygens (including phenoxy) is 6. The van der Waals surface area contributed by atoms with Gasteiger partial charge in [-0.2, -0.15) is 0 Å². The molecular weight excluding hydrogens is 472 g/mol. The second-order valence-electron chi connectivity index (χ2n) is 9.45. The van der Waals surface area contributed by atoms with Gasteiger partial charge in [-0.3, -0.25) is 9.59 Å². The van der Waals surface area contributed by atoms with Gasteiger partial charge in [0.1, 0.15) is 18.3 Å². The number of carbonyl (C=O) groups excluding carboxylic acids is 3. The van der Waals surface area contributed by atoms with E-state index in [1.165, 1.54) is 26.3 Å². The molecule has 0 aliphatic carbocycles. The quantitative estimate of drug-likeness (QED) is 0.467. The zero-order chi connectivity index (χ0) is 26.8. The van der Waals surface area contributed by atoms with Crippen molar-refractivity contribution >= 4 is 17.8 Å². The SMILES string of the molecule is COc1ccnc(C(=O)NC2COCC(OCC(C)C)C(OCC(C)C)C(C)OC2=O)c1OC(C)=O. The van der Waals surface area contributed by atoms with Crippen LogP contribution in [0.1, 0.15) is 52.0 Å². The van der Waals surface area contributed by atoms with E-state index in [0.717, 1.165) is 0 Å². The van der Waals surface area contributed by atoms with Crippen molar-refractivity contribution in [3.63, 3.8) is 0 Å². The second kappa shape index (κ2) is 14.1. The van der Waals surface area contributed by atoms with E-state index in [1.54, 1.807) is 6.92 Å². The highest BCUT2D eigenvalue weighted by molar-refractivity contribution is 5.98. The zero-order valence-corrected chi connectivity index (χ0v) is 22.1. The molecule has 1 N–H and O–H groups in total. The van der Waals surface area contributed by atoms with Gasteiger partial charge in [-0.25, -0.2) is 9.78 Å². The summed E-state index contributed by atoms with van der Waals surface area (Å²) < 4.78 is 33.9. The van der Waals surface area contributed by atoms with Crippen molar-refractivity contribution in [2.45, 2.75) is 65.9 Å². The van der Waals surface area contributed by atoms with E-state index in [4.69, 9.17) is 28.4 Å². The number of nitrogens with zero attached hydrogens (tertiary/aromatic N) is 1. The van der Waals surface area contributed by atoms with Gasteiger partial charge in [0.15, 0.2) is 17.5 Å². The molecule has 0 bridgehead atoms. The molecule has 1 aromatic heterocycles. The molecule has 0 radical (unpaired) electrons. The third-order valence-corrected chi connectivity index (χ3v) is 5.10. The first-order chi connectivity index (χ1) is 17.0. The Morgan fingerprint density at radius 2 is 1.81 bits per heavy atom. The molecule has 0 aromatic carbocycles. The first-order valence-electron chi connectivity index (χ1n) is 12.1. The Balaban J connectivity index is 2.23. The predicted molar refractivity (Wildman–Crippen MR) is 129 cm³/mol. The maximum absolute atomic E-state index is 13.0. The van der Waals surface area contributed by atoms with Crippen LogP contribution < -0.4 is 14.8 Å². The molecule has 1 amide bonds. The minimum absolute atomic E-state index is 0.138. The van der Waals surface area contributed by atoms with E-state index < -0.39 is 42.2 Å². The molecule has 4 unspecified atom stereocenters. The average Bonchev–Trinajstić information content (AvgIpc) is 2.85. The first kappa shape index (κ1) is 29.5. The standard InChI is InChI=1S/C25H38N2O9/c1-14(2)10-33-20-13-32-12-18(25(30)35-16(5)22(20)34-11-15(3)4)27-24(29)21-23(36-17(6)28)19(31-7)8-9-26-21/h8-9,14-16,18,20,22H,10-13H2,1-7H3,(H,27,29). The topological polar surface area (TPSA) is 132 Å². The number of nitrogens with one attached hydrogen (secondary N) is 1. The number of hydrogen-bond acceptors (Lipinski definition) is 10. The molecule has 1 aromatic rings. The molecule has 4 atom stereocenters. The number of rotatable bonds is 10. The van der Waals surface area contributed by atoms with Crippen molar-refractivity contribution in [2.75, 3.05) is 33.5 Å². The number of aromatic nitrogens is 1. The zero-order valence-electron chi connectivity index (χ0n) is 22.1. The van der Waals surface area contributed by atoms with Crippen LogP contribution in [-0.2, 0) is 28.5 Å². The fraction of sp³-hybridized carbons (Fsp3) is 0.680. The van der Waals surface area contributed by atoms with E-state index in [0.29, 0.717) is 13.2 Å². The summed E-state index contributed by atoms with van der Waals surface area (Å²) in [6.45, 7) is 11.9. The molecule has 11 nitrogen and oxygen atoms in total. The fourth-order valence-electron chi connectivity index (χ4n) is 3.43. The monoisotopic (exact) mass is 510 g/mol. The molecule has 36 heavy (non-hydrogen) atoms. The normalized spacial score (nSPS) is 22.9. The Hall–Kier alpha value is -2.76. The Bertz CT molecular complexity index is 890. The van der Waals surface area contributed by atoms with Crippen LogP contribution in [0.2, 0.25) is 0 Å².